The van der Waals surface area contributed by atoms with Gasteiger partial charge in [0.05, 0.1) is 19.8 Å². The van der Waals surface area contributed by atoms with Crippen LogP contribution in [0.15, 0.2) is 0 Å². The zero-order valence-corrected chi connectivity index (χ0v) is 6.49. The van der Waals surface area contributed by atoms with Gasteiger partial charge in [0.25, 0.3) is 0 Å². The Morgan fingerprint density at radius 3 is 1.82 bits per heavy atom. The largest absolute Gasteiger partial charge is 0.393 e. The maximum absolute atomic E-state index is 8.70. The summed E-state index contributed by atoms with van der Waals surface area (Å²) in [7, 11) is 1.41. The van der Waals surface area contributed by atoms with Crippen molar-refractivity contribution in [2.75, 3.05) is 33.7 Å². The SMILES string of the molecule is COCOC(CO)(CO)CO. The predicted molar refractivity (Wildman–Crippen MR) is 36.9 cm³/mol. The Bertz CT molecular complexity index is 82.7. The third-order valence-corrected chi connectivity index (χ3v) is 1.35. The molecule has 0 aromatic heterocycles. The molecule has 0 atom stereocenters. The van der Waals surface area contributed by atoms with E-state index in [0.717, 1.165) is 0 Å². The van der Waals surface area contributed by atoms with Crippen LogP contribution < -0.4 is 0 Å². The Labute approximate surface area is 65.2 Å². The van der Waals surface area contributed by atoms with E-state index in [1.807, 2.05) is 0 Å². The number of ether oxygens (including phenoxy) is 2. The van der Waals surface area contributed by atoms with Crippen LogP contribution in [0.2, 0.25) is 0 Å². The maximum atomic E-state index is 8.70. The van der Waals surface area contributed by atoms with Crippen molar-refractivity contribution in [2.45, 2.75) is 5.60 Å². The first-order valence-electron chi connectivity index (χ1n) is 3.20. The molecule has 0 saturated carbocycles. The normalized spacial score (nSPS) is 12.0. The van der Waals surface area contributed by atoms with Crippen LogP contribution in [0.4, 0.5) is 0 Å². The van der Waals surface area contributed by atoms with Crippen LogP contribution in [-0.4, -0.2) is 54.6 Å². The Balaban J connectivity index is 3.84. The van der Waals surface area contributed by atoms with E-state index in [9.17, 15) is 0 Å². The number of aliphatic hydroxyl groups excluding tert-OH is 3. The fourth-order valence-electron chi connectivity index (χ4n) is 0.471. The highest BCUT2D eigenvalue weighted by molar-refractivity contribution is 4.77. The summed E-state index contributed by atoms with van der Waals surface area (Å²) in [5, 5.41) is 26.1. The van der Waals surface area contributed by atoms with Crippen molar-refractivity contribution in [3.8, 4) is 0 Å². The molecular formula is C6H14O5. The first kappa shape index (κ1) is 10.8. The van der Waals surface area contributed by atoms with Crippen LogP contribution in [0.3, 0.4) is 0 Å². The molecule has 0 aromatic carbocycles. The zero-order chi connectivity index (χ0) is 8.74. The van der Waals surface area contributed by atoms with Gasteiger partial charge in [-0.2, -0.15) is 0 Å². The lowest BCUT2D eigenvalue weighted by atomic mass is 10.1. The second-order valence-corrected chi connectivity index (χ2v) is 2.21. The van der Waals surface area contributed by atoms with Crippen molar-refractivity contribution in [1.82, 2.24) is 0 Å². The van der Waals surface area contributed by atoms with Crippen molar-refractivity contribution in [2.24, 2.45) is 0 Å². The van der Waals surface area contributed by atoms with E-state index in [-0.39, 0.29) is 6.79 Å². The van der Waals surface area contributed by atoms with E-state index in [1.165, 1.54) is 7.11 Å². The molecule has 0 fully saturated rings. The average molecular weight is 166 g/mol. The molecule has 11 heavy (non-hydrogen) atoms. The van der Waals surface area contributed by atoms with Gasteiger partial charge in [0.2, 0.25) is 0 Å². The number of aliphatic hydroxyl groups is 3. The topological polar surface area (TPSA) is 79.2 Å². The van der Waals surface area contributed by atoms with Gasteiger partial charge in [-0.25, -0.2) is 0 Å². The van der Waals surface area contributed by atoms with Gasteiger partial charge in [-0.15, -0.1) is 0 Å². The molecule has 0 aliphatic rings. The third kappa shape index (κ3) is 3.13. The van der Waals surface area contributed by atoms with Gasteiger partial charge in [0.1, 0.15) is 12.4 Å². The van der Waals surface area contributed by atoms with Gasteiger partial charge in [-0.05, 0) is 0 Å². The maximum Gasteiger partial charge on any atom is 0.147 e. The first-order chi connectivity index (χ1) is 5.24. The summed E-state index contributed by atoms with van der Waals surface area (Å²) < 4.78 is 9.40. The number of hydrogen-bond donors (Lipinski definition) is 3. The molecule has 0 aliphatic heterocycles. The summed E-state index contributed by atoms with van der Waals surface area (Å²) in [4.78, 5) is 0. The van der Waals surface area contributed by atoms with Gasteiger partial charge in [0, 0.05) is 7.11 Å². The summed E-state index contributed by atoms with van der Waals surface area (Å²) in [6.45, 7) is -1.39. The average Bonchev–Trinajstić information content (AvgIpc) is 2.08. The molecule has 0 rings (SSSR count). The molecule has 0 saturated heterocycles. The standard InChI is InChI=1S/C6H14O5/c1-10-5-11-6(2-7,3-8)4-9/h7-9H,2-5H2,1H3. The smallest absolute Gasteiger partial charge is 0.147 e. The van der Waals surface area contributed by atoms with Crippen LogP contribution in [0.1, 0.15) is 0 Å². The van der Waals surface area contributed by atoms with Gasteiger partial charge in [-0.1, -0.05) is 0 Å². The number of rotatable bonds is 6. The van der Waals surface area contributed by atoms with Crippen molar-refractivity contribution in [3.63, 3.8) is 0 Å². The Kier molecular flexibility index (Phi) is 5.35. The van der Waals surface area contributed by atoms with Crippen molar-refractivity contribution in [1.29, 1.82) is 0 Å². The Morgan fingerprint density at radius 2 is 1.55 bits per heavy atom. The van der Waals surface area contributed by atoms with Crippen molar-refractivity contribution >= 4 is 0 Å². The molecule has 0 unspecified atom stereocenters. The molecule has 0 bridgehead atoms. The van der Waals surface area contributed by atoms with Crippen LogP contribution in [-0.2, 0) is 9.47 Å². The highest BCUT2D eigenvalue weighted by Crippen LogP contribution is 2.07. The molecule has 0 spiro atoms. The molecule has 0 radical (unpaired) electrons. The highest BCUT2D eigenvalue weighted by Gasteiger charge is 2.28. The summed E-state index contributed by atoms with van der Waals surface area (Å²) in [6, 6.07) is 0. The minimum Gasteiger partial charge on any atom is -0.393 e. The summed E-state index contributed by atoms with van der Waals surface area (Å²) >= 11 is 0. The monoisotopic (exact) mass is 166 g/mol. The van der Waals surface area contributed by atoms with Crippen molar-refractivity contribution in [3.05, 3.63) is 0 Å². The zero-order valence-electron chi connectivity index (χ0n) is 6.49. The number of methoxy groups -OCH3 is 1. The van der Waals surface area contributed by atoms with E-state index in [1.54, 1.807) is 0 Å². The van der Waals surface area contributed by atoms with Gasteiger partial charge in [0.15, 0.2) is 0 Å². The minimum absolute atomic E-state index is 0.0678. The lowest BCUT2D eigenvalue weighted by Gasteiger charge is -2.26. The Hall–Kier alpha value is -0.200. The van der Waals surface area contributed by atoms with E-state index in [0.29, 0.717) is 0 Å². The molecular weight excluding hydrogens is 152 g/mol. The number of hydrogen-bond acceptors (Lipinski definition) is 5. The predicted octanol–water partition coefficient (Wildman–Crippen LogP) is -1.68. The second-order valence-electron chi connectivity index (χ2n) is 2.21. The van der Waals surface area contributed by atoms with E-state index >= 15 is 0 Å². The fourth-order valence-corrected chi connectivity index (χ4v) is 0.471. The molecule has 5 heteroatoms. The molecule has 0 heterocycles. The van der Waals surface area contributed by atoms with Gasteiger partial charge >= 0.3 is 0 Å². The third-order valence-electron chi connectivity index (χ3n) is 1.35. The van der Waals surface area contributed by atoms with Gasteiger partial charge < -0.3 is 24.8 Å². The van der Waals surface area contributed by atoms with Crippen LogP contribution in [0, 0.1) is 0 Å². The fraction of sp³-hybridized carbons (Fsp3) is 1.00. The van der Waals surface area contributed by atoms with E-state index < -0.39 is 25.4 Å². The van der Waals surface area contributed by atoms with Crippen LogP contribution in [0.5, 0.6) is 0 Å². The van der Waals surface area contributed by atoms with Crippen LogP contribution in [0.25, 0.3) is 0 Å². The van der Waals surface area contributed by atoms with Crippen LogP contribution >= 0.6 is 0 Å². The quantitative estimate of drug-likeness (QED) is 0.411. The summed E-state index contributed by atoms with van der Waals surface area (Å²) in [5.74, 6) is 0. The molecule has 68 valence electrons. The van der Waals surface area contributed by atoms with E-state index in [2.05, 4.69) is 4.74 Å². The van der Waals surface area contributed by atoms with Crippen molar-refractivity contribution < 1.29 is 24.8 Å². The highest BCUT2D eigenvalue weighted by atomic mass is 16.7. The van der Waals surface area contributed by atoms with Gasteiger partial charge in [-0.3, -0.25) is 0 Å². The lowest BCUT2D eigenvalue weighted by molar-refractivity contribution is -0.182. The summed E-state index contributed by atoms with van der Waals surface area (Å²) in [5.41, 5.74) is -1.28. The first-order valence-corrected chi connectivity index (χ1v) is 3.20. The summed E-state index contributed by atoms with van der Waals surface area (Å²) in [6.07, 6.45) is 0. The lowest BCUT2D eigenvalue weighted by Crippen LogP contribution is -2.45. The minimum atomic E-state index is -1.28. The molecule has 0 amide bonds. The second kappa shape index (κ2) is 5.45. The molecule has 0 aromatic rings. The molecule has 3 N–H and O–H groups in total. The molecule has 0 aliphatic carbocycles. The molecule has 5 nitrogen and oxygen atoms in total. The van der Waals surface area contributed by atoms with E-state index in [4.69, 9.17) is 20.1 Å². The Morgan fingerprint density at radius 1 is 1.09 bits per heavy atom.